The van der Waals surface area contributed by atoms with E-state index in [-0.39, 0.29) is 10.7 Å². The predicted octanol–water partition coefficient (Wildman–Crippen LogP) is 4.22. The van der Waals surface area contributed by atoms with Crippen LogP contribution in [0.3, 0.4) is 0 Å². The maximum atomic E-state index is 4.27. The minimum Gasteiger partial charge on any atom is -0.177 e. The maximum absolute atomic E-state index is 4.27. The molecule has 0 aliphatic carbocycles. The molecule has 0 bridgehead atoms. The van der Waals surface area contributed by atoms with Gasteiger partial charge >= 0.3 is 0 Å². The summed E-state index contributed by atoms with van der Waals surface area (Å²) in [6.45, 7) is 0. The van der Waals surface area contributed by atoms with Crippen molar-refractivity contribution in [3.63, 3.8) is 0 Å². The summed E-state index contributed by atoms with van der Waals surface area (Å²) in [5.74, 6) is 0. The van der Waals surface area contributed by atoms with E-state index in [9.17, 15) is 0 Å². The van der Waals surface area contributed by atoms with E-state index >= 15 is 0 Å². The number of hydrogen-bond donors (Lipinski definition) is 0. The highest BCUT2D eigenvalue weighted by Gasteiger charge is 2.02. The summed E-state index contributed by atoms with van der Waals surface area (Å²) >= 11 is 3.23. The van der Waals surface area contributed by atoms with Crippen molar-refractivity contribution in [2.75, 3.05) is 0 Å². The molecule has 0 atom stereocenters. The van der Waals surface area contributed by atoms with Gasteiger partial charge in [0.15, 0.2) is 0 Å². The van der Waals surface area contributed by atoms with Gasteiger partial charge in [-0.3, -0.25) is 0 Å². The Morgan fingerprint density at radius 3 is 1.47 bits per heavy atom. The Balaban J connectivity index is 2.44. The van der Waals surface area contributed by atoms with Gasteiger partial charge in [-0.25, -0.2) is 0 Å². The van der Waals surface area contributed by atoms with Gasteiger partial charge in [0.05, 0.1) is 16.1 Å². The van der Waals surface area contributed by atoms with Crippen molar-refractivity contribution in [2.45, 2.75) is 9.79 Å². The van der Waals surface area contributed by atoms with Crippen molar-refractivity contribution in [1.29, 1.82) is 0 Å². The molecule has 0 fully saturated rings. The molecule has 0 saturated carbocycles. The van der Waals surface area contributed by atoms with E-state index in [0.29, 0.717) is 0 Å². The Kier molecular flexibility index (Phi) is 3.69. The molecule has 0 N–H and O–H groups in total. The van der Waals surface area contributed by atoms with Crippen LogP contribution in [0.4, 0.5) is 0 Å². The molecular formula is C12H10BrNS. The van der Waals surface area contributed by atoms with E-state index in [1.165, 1.54) is 9.79 Å². The smallest absolute Gasteiger partial charge is 0.0828 e. The molecule has 0 radical (unpaired) electrons. The van der Waals surface area contributed by atoms with Crippen LogP contribution in [-0.2, 0) is 10.7 Å². The van der Waals surface area contributed by atoms with Crippen LogP contribution in [0.2, 0.25) is 0 Å². The lowest BCUT2D eigenvalue weighted by atomic mass is 10.4. The van der Waals surface area contributed by atoms with Gasteiger partial charge in [0, 0.05) is 9.79 Å². The third-order valence-corrected chi connectivity index (χ3v) is 4.45. The molecule has 2 aromatic rings. The van der Waals surface area contributed by atoms with Gasteiger partial charge in [-0.05, 0) is 35.0 Å². The Morgan fingerprint density at radius 1 is 0.733 bits per heavy atom. The lowest BCUT2D eigenvalue weighted by molar-refractivity contribution is 1.39. The number of halogens is 1. The molecule has 0 aliphatic heterocycles. The summed E-state index contributed by atoms with van der Waals surface area (Å²) < 4.78 is 4.27. The normalized spacial score (nSPS) is 10.3. The monoisotopic (exact) mass is 279 g/mol. The zero-order chi connectivity index (χ0) is 10.5. The fourth-order valence-corrected chi connectivity index (χ4v) is 3.58. The van der Waals surface area contributed by atoms with Gasteiger partial charge in [-0.15, -0.1) is 0 Å². The van der Waals surface area contributed by atoms with Crippen LogP contribution in [0.5, 0.6) is 0 Å². The van der Waals surface area contributed by atoms with Crippen molar-refractivity contribution >= 4 is 26.8 Å². The molecule has 0 saturated heterocycles. The van der Waals surface area contributed by atoms with Crippen LogP contribution in [0, 0.1) is 0 Å². The van der Waals surface area contributed by atoms with Crippen LogP contribution >= 0.6 is 16.1 Å². The van der Waals surface area contributed by atoms with E-state index in [0.717, 1.165) is 0 Å². The van der Waals surface area contributed by atoms with Crippen molar-refractivity contribution in [3.8, 4) is 0 Å². The second-order valence-electron chi connectivity index (χ2n) is 2.98. The third-order valence-electron chi connectivity index (χ3n) is 2.00. The lowest BCUT2D eigenvalue weighted by Crippen LogP contribution is -1.90. The molecular weight excluding hydrogens is 270 g/mol. The van der Waals surface area contributed by atoms with Gasteiger partial charge in [0.25, 0.3) is 0 Å². The number of rotatable bonds is 2. The molecule has 2 rings (SSSR count). The number of hydrogen-bond acceptors (Lipinski definition) is 1. The highest BCUT2D eigenvalue weighted by atomic mass is 79.9. The summed E-state index contributed by atoms with van der Waals surface area (Å²) in [5.41, 5.74) is 0. The topological polar surface area (TPSA) is 12.4 Å². The SMILES string of the molecule is BrN=S(c1ccccc1)c1ccccc1. The average Bonchev–Trinajstić information content (AvgIpc) is 2.33. The molecule has 3 heteroatoms. The van der Waals surface area contributed by atoms with Gasteiger partial charge in [0.2, 0.25) is 0 Å². The Hall–Kier alpha value is -0.930. The average molecular weight is 280 g/mol. The van der Waals surface area contributed by atoms with Crippen LogP contribution in [-0.4, -0.2) is 0 Å². The molecule has 76 valence electrons. The first kappa shape index (κ1) is 10.6. The van der Waals surface area contributed by atoms with Crippen molar-refractivity contribution in [3.05, 3.63) is 60.7 Å². The van der Waals surface area contributed by atoms with E-state index in [1.54, 1.807) is 0 Å². The predicted molar refractivity (Wildman–Crippen MR) is 68.1 cm³/mol. The molecule has 0 heterocycles. The number of nitrogens with zero attached hydrogens (tertiary/aromatic N) is 1. The quantitative estimate of drug-likeness (QED) is 0.781. The van der Waals surface area contributed by atoms with Crippen molar-refractivity contribution in [2.24, 2.45) is 3.39 Å². The lowest BCUT2D eigenvalue weighted by Gasteiger charge is -2.05. The Labute approximate surface area is 101 Å². The van der Waals surface area contributed by atoms with E-state index in [4.69, 9.17) is 0 Å². The van der Waals surface area contributed by atoms with Gasteiger partial charge < -0.3 is 0 Å². The molecule has 0 aliphatic rings. The van der Waals surface area contributed by atoms with Crippen molar-refractivity contribution in [1.82, 2.24) is 0 Å². The first-order valence-electron chi connectivity index (χ1n) is 4.58. The second-order valence-corrected chi connectivity index (χ2v) is 5.50. The Morgan fingerprint density at radius 2 is 1.13 bits per heavy atom. The fraction of sp³-hybridized carbons (Fsp3) is 0. The van der Waals surface area contributed by atoms with Gasteiger partial charge in [0.1, 0.15) is 0 Å². The van der Waals surface area contributed by atoms with Crippen molar-refractivity contribution < 1.29 is 0 Å². The number of benzene rings is 2. The Bertz CT molecular complexity index is 412. The van der Waals surface area contributed by atoms with Gasteiger partial charge in [-0.1, -0.05) is 36.4 Å². The summed E-state index contributed by atoms with van der Waals surface area (Å²) in [5, 5.41) is 0. The molecule has 2 aromatic carbocycles. The van der Waals surface area contributed by atoms with Crippen LogP contribution in [0.25, 0.3) is 0 Å². The van der Waals surface area contributed by atoms with E-state index in [2.05, 4.69) is 43.8 Å². The summed E-state index contributed by atoms with van der Waals surface area (Å²) in [6.07, 6.45) is 0. The minimum absolute atomic E-state index is 0.217. The van der Waals surface area contributed by atoms with Gasteiger partial charge in [-0.2, -0.15) is 3.39 Å². The maximum Gasteiger partial charge on any atom is 0.0828 e. The summed E-state index contributed by atoms with van der Waals surface area (Å²) in [6, 6.07) is 20.6. The van der Waals surface area contributed by atoms with Crippen LogP contribution in [0.15, 0.2) is 73.8 Å². The van der Waals surface area contributed by atoms with E-state index < -0.39 is 0 Å². The highest BCUT2D eigenvalue weighted by molar-refractivity contribution is 9.09. The molecule has 0 spiro atoms. The fourth-order valence-electron chi connectivity index (χ4n) is 1.31. The minimum atomic E-state index is -0.217. The largest absolute Gasteiger partial charge is 0.177 e. The highest BCUT2D eigenvalue weighted by Crippen LogP contribution is 2.19. The third kappa shape index (κ3) is 2.55. The zero-order valence-electron chi connectivity index (χ0n) is 8.01. The molecule has 15 heavy (non-hydrogen) atoms. The molecule has 0 aromatic heterocycles. The first-order valence-corrected chi connectivity index (χ1v) is 6.47. The summed E-state index contributed by atoms with van der Waals surface area (Å²) in [4.78, 5) is 2.45. The van der Waals surface area contributed by atoms with Crippen LogP contribution < -0.4 is 0 Å². The van der Waals surface area contributed by atoms with Crippen LogP contribution in [0.1, 0.15) is 0 Å². The zero-order valence-corrected chi connectivity index (χ0v) is 10.4. The second kappa shape index (κ2) is 5.24. The standard InChI is InChI=1S/C12H10BrNS/c13-14-15(11-7-3-1-4-8-11)12-9-5-2-6-10-12/h1-10H. The molecule has 1 nitrogen and oxygen atoms in total. The van der Waals surface area contributed by atoms with E-state index in [1.807, 2.05) is 36.4 Å². The summed E-state index contributed by atoms with van der Waals surface area (Å²) in [7, 11) is -0.217. The molecule has 0 amide bonds. The first-order chi connectivity index (χ1) is 7.42. The molecule has 0 unspecified atom stereocenters.